The number of amides is 1. The van der Waals surface area contributed by atoms with Gasteiger partial charge in [0.15, 0.2) is 15.7 Å². The number of rotatable bonds is 7. The van der Waals surface area contributed by atoms with E-state index in [2.05, 4.69) is 10.3 Å². The number of nitrogens with one attached hydrogen (secondary N) is 1. The molecule has 10 heteroatoms. The average Bonchev–Trinajstić information content (AvgIpc) is 2.74. The molecule has 0 unspecified atom stereocenters. The summed E-state index contributed by atoms with van der Waals surface area (Å²) in [6.07, 6.45) is 4.28. The lowest BCUT2D eigenvalue weighted by Gasteiger charge is -2.33. The number of carbonyl (C=O) groups excluding carboxylic acids is 2. The highest BCUT2D eigenvalue weighted by atomic mass is 35.5. The molecule has 1 fully saturated rings. The van der Waals surface area contributed by atoms with Crippen molar-refractivity contribution in [2.45, 2.75) is 31.1 Å². The summed E-state index contributed by atoms with van der Waals surface area (Å²) in [6.45, 7) is 3.39. The van der Waals surface area contributed by atoms with Crippen molar-refractivity contribution < 1.29 is 22.7 Å². The van der Waals surface area contributed by atoms with Crippen LogP contribution in [0.3, 0.4) is 0 Å². The van der Waals surface area contributed by atoms with Gasteiger partial charge in [0.2, 0.25) is 0 Å². The molecule has 1 aromatic heterocycles. The number of pyridine rings is 1. The number of ether oxygens (including phenoxy) is 1. The van der Waals surface area contributed by atoms with E-state index in [0.717, 1.165) is 19.1 Å². The first-order valence-electron chi connectivity index (χ1n) is 10.3. The Morgan fingerprint density at radius 2 is 1.97 bits per heavy atom. The van der Waals surface area contributed by atoms with E-state index in [1.54, 1.807) is 25.1 Å². The molecular formula is C22H26ClN3O5S. The number of hydrogen-bond acceptors (Lipinski definition) is 7. The van der Waals surface area contributed by atoms with Crippen molar-refractivity contribution >= 4 is 44.8 Å². The number of aromatic nitrogens is 1. The average molecular weight is 480 g/mol. The van der Waals surface area contributed by atoms with Gasteiger partial charge < -0.3 is 15.0 Å². The van der Waals surface area contributed by atoms with Gasteiger partial charge in [-0.1, -0.05) is 17.7 Å². The van der Waals surface area contributed by atoms with E-state index in [1.165, 1.54) is 18.3 Å². The first-order chi connectivity index (χ1) is 15.2. The Morgan fingerprint density at radius 3 is 2.59 bits per heavy atom. The van der Waals surface area contributed by atoms with Gasteiger partial charge in [0, 0.05) is 42.5 Å². The zero-order valence-corrected chi connectivity index (χ0v) is 19.6. The highest BCUT2D eigenvalue weighted by molar-refractivity contribution is 7.90. The van der Waals surface area contributed by atoms with Gasteiger partial charge in [0.1, 0.15) is 0 Å². The van der Waals surface area contributed by atoms with E-state index < -0.39 is 15.7 Å². The number of carbonyl (C=O) groups is 2. The Labute approximate surface area is 192 Å². The zero-order valence-electron chi connectivity index (χ0n) is 18.0. The third-order valence-electron chi connectivity index (χ3n) is 5.28. The molecule has 2 aromatic rings. The van der Waals surface area contributed by atoms with Crippen LogP contribution in [0.2, 0.25) is 5.02 Å². The van der Waals surface area contributed by atoms with Crippen LogP contribution in [0, 0.1) is 5.92 Å². The number of esters is 1. The SMILES string of the molecule is CCOC(=O)CC1CCN(c2ncc(S(C)(=O)=O)cc2NC(=O)c2cccc(Cl)c2)CC1. The van der Waals surface area contributed by atoms with Gasteiger partial charge >= 0.3 is 5.97 Å². The smallest absolute Gasteiger partial charge is 0.306 e. The third kappa shape index (κ3) is 6.20. The molecule has 1 amide bonds. The fourth-order valence-electron chi connectivity index (χ4n) is 3.61. The number of benzene rings is 1. The molecule has 0 bridgehead atoms. The number of piperidine rings is 1. The molecular weight excluding hydrogens is 454 g/mol. The molecule has 172 valence electrons. The molecule has 1 aromatic carbocycles. The maximum atomic E-state index is 12.8. The van der Waals surface area contributed by atoms with Crippen molar-refractivity contribution in [2.24, 2.45) is 5.92 Å². The van der Waals surface area contributed by atoms with Crippen LogP contribution in [0.5, 0.6) is 0 Å². The minimum Gasteiger partial charge on any atom is -0.466 e. The lowest BCUT2D eigenvalue weighted by atomic mass is 9.93. The minimum atomic E-state index is -3.51. The first kappa shape index (κ1) is 24.0. The van der Waals surface area contributed by atoms with Crippen LogP contribution in [-0.2, 0) is 19.4 Å². The third-order valence-corrected chi connectivity index (χ3v) is 6.59. The lowest BCUT2D eigenvalue weighted by molar-refractivity contribution is -0.144. The minimum absolute atomic E-state index is 0.0137. The van der Waals surface area contributed by atoms with Crippen LogP contribution < -0.4 is 10.2 Å². The van der Waals surface area contributed by atoms with E-state index in [-0.39, 0.29) is 16.8 Å². The molecule has 0 radical (unpaired) electrons. The monoisotopic (exact) mass is 479 g/mol. The van der Waals surface area contributed by atoms with Crippen molar-refractivity contribution in [1.82, 2.24) is 4.98 Å². The summed E-state index contributed by atoms with van der Waals surface area (Å²) in [6, 6.07) is 7.90. The fourth-order valence-corrected chi connectivity index (χ4v) is 4.38. The molecule has 1 aliphatic heterocycles. The topological polar surface area (TPSA) is 106 Å². The van der Waals surface area contributed by atoms with Gasteiger partial charge in [-0.2, -0.15) is 0 Å². The Kier molecular flexibility index (Phi) is 7.73. The molecule has 3 rings (SSSR count). The van der Waals surface area contributed by atoms with Gasteiger partial charge in [-0.25, -0.2) is 13.4 Å². The Bertz CT molecular complexity index is 1100. The van der Waals surface area contributed by atoms with Crippen LogP contribution in [0.1, 0.15) is 36.5 Å². The van der Waals surface area contributed by atoms with Crippen molar-refractivity contribution in [3.8, 4) is 0 Å². The number of sulfone groups is 1. The van der Waals surface area contributed by atoms with E-state index in [1.807, 2.05) is 4.90 Å². The molecule has 0 atom stereocenters. The second-order valence-corrected chi connectivity index (χ2v) is 10.2. The Balaban J connectivity index is 1.81. The quantitative estimate of drug-likeness (QED) is 0.605. The van der Waals surface area contributed by atoms with Crippen LogP contribution in [0.15, 0.2) is 41.4 Å². The molecule has 32 heavy (non-hydrogen) atoms. The van der Waals surface area contributed by atoms with Gasteiger partial charge in [-0.3, -0.25) is 9.59 Å². The van der Waals surface area contributed by atoms with Gasteiger partial charge in [0.05, 0.1) is 17.2 Å². The van der Waals surface area contributed by atoms with E-state index >= 15 is 0 Å². The normalized spacial score (nSPS) is 14.8. The van der Waals surface area contributed by atoms with Gasteiger partial charge in [-0.05, 0) is 49.9 Å². The summed E-state index contributed by atoms with van der Waals surface area (Å²) < 4.78 is 29.1. The summed E-state index contributed by atoms with van der Waals surface area (Å²) in [5.41, 5.74) is 0.656. The van der Waals surface area contributed by atoms with E-state index in [9.17, 15) is 18.0 Å². The molecule has 8 nitrogen and oxygen atoms in total. The maximum absolute atomic E-state index is 12.8. The highest BCUT2D eigenvalue weighted by Crippen LogP contribution is 2.31. The lowest BCUT2D eigenvalue weighted by Crippen LogP contribution is -2.35. The number of halogens is 1. The molecule has 1 saturated heterocycles. The number of nitrogens with zero attached hydrogens (tertiary/aromatic N) is 2. The molecule has 0 aliphatic carbocycles. The summed E-state index contributed by atoms with van der Waals surface area (Å²) in [5.74, 6) is 0.0851. The van der Waals surface area contributed by atoms with E-state index in [4.69, 9.17) is 16.3 Å². The van der Waals surface area contributed by atoms with Crippen molar-refractivity contribution in [2.75, 3.05) is 36.2 Å². The van der Waals surface area contributed by atoms with Gasteiger partial charge in [0.25, 0.3) is 5.91 Å². The summed E-state index contributed by atoms with van der Waals surface area (Å²) in [4.78, 5) is 30.9. The molecule has 0 saturated carbocycles. The van der Waals surface area contributed by atoms with Gasteiger partial charge in [-0.15, -0.1) is 0 Å². The number of anilines is 2. The fraction of sp³-hybridized carbons (Fsp3) is 0.409. The second-order valence-electron chi connectivity index (χ2n) is 7.72. The van der Waals surface area contributed by atoms with Crippen LogP contribution >= 0.6 is 11.6 Å². The molecule has 1 N–H and O–H groups in total. The summed E-state index contributed by atoms with van der Waals surface area (Å²) in [5, 5.41) is 3.20. The Morgan fingerprint density at radius 1 is 1.25 bits per heavy atom. The summed E-state index contributed by atoms with van der Waals surface area (Å²) in [7, 11) is -3.51. The predicted molar refractivity (Wildman–Crippen MR) is 123 cm³/mol. The first-order valence-corrected chi connectivity index (χ1v) is 12.6. The largest absolute Gasteiger partial charge is 0.466 e. The predicted octanol–water partition coefficient (Wildman–Crippen LogP) is 3.56. The van der Waals surface area contributed by atoms with Crippen molar-refractivity contribution in [3.05, 3.63) is 47.1 Å². The zero-order chi connectivity index (χ0) is 23.3. The molecule has 2 heterocycles. The molecule has 0 spiro atoms. The number of hydrogen-bond donors (Lipinski definition) is 1. The molecule has 1 aliphatic rings. The summed E-state index contributed by atoms with van der Waals surface area (Å²) >= 11 is 5.99. The van der Waals surface area contributed by atoms with Crippen molar-refractivity contribution in [3.63, 3.8) is 0 Å². The van der Waals surface area contributed by atoms with Crippen LogP contribution in [-0.4, -0.2) is 51.2 Å². The Hall–Kier alpha value is -2.65. The van der Waals surface area contributed by atoms with Crippen molar-refractivity contribution in [1.29, 1.82) is 0 Å². The van der Waals surface area contributed by atoms with Crippen LogP contribution in [0.4, 0.5) is 11.5 Å². The highest BCUT2D eigenvalue weighted by Gasteiger charge is 2.25. The van der Waals surface area contributed by atoms with E-state index in [0.29, 0.717) is 48.2 Å². The maximum Gasteiger partial charge on any atom is 0.306 e. The standard InChI is InChI=1S/C22H26ClN3O5S/c1-3-31-20(27)11-15-7-9-26(10-8-15)21-19(13-18(14-24-21)32(2,29)30)25-22(28)16-5-4-6-17(23)12-16/h4-6,12-15H,3,7-11H2,1-2H3,(H,25,28). The van der Waals surface area contributed by atoms with Crippen LogP contribution in [0.25, 0.3) is 0 Å². The second kappa shape index (κ2) is 10.3.